The van der Waals surface area contributed by atoms with Crippen LogP contribution >= 0.6 is 59.1 Å². The Morgan fingerprint density at radius 2 is 1.67 bits per heavy atom. The summed E-state index contributed by atoms with van der Waals surface area (Å²) in [6.45, 7) is 0. The lowest BCUT2D eigenvalue weighted by Crippen LogP contribution is -1.95. The van der Waals surface area contributed by atoms with Gasteiger partial charge in [0, 0.05) is 5.56 Å². The van der Waals surface area contributed by atoms with Gasteiger partial charge in [-0.3, -0.25) is 0 Å². The molecule has 1 aromatic carbocycles. The minimum atomic E-state index is -0.475. The van der Waals surface area contributed by atoms with Crippen molar-refractivity contribution in [2.24, 2.45) is 0 Å². The first kappa shape index (κ1) is 11.7. The average molecular weight is 413 g/mol. The van der Waals surface area contributed by atoms with E-state index in [0.29, 0.717) is 0 Å². The summed E-state index contributed by atoms with van der Waals surface area (Å²) in [7, 11) is 0. The van der Waals surface area contributed by atoms with Gasteiger partial charge >= 0.3 is 0 Å². The second-order valence-electron chi connectivity index (χ2n) is 2.78. The standard InChI is InChI=1S/C9H5Br3N2S/c10-9(11,12)8-14-13-7(15-8)6-4-2-1-3-5-6/h1-5H. The molecule has 2 nitrogen and oxygen atoms in total. The fraction of sp³-hybridized carbons (Fsp3) is 0.111. The van der Waals surface area contributed by atoms with Crippen LogP contribution in [0.1, 0.15) is 5.01 Å². The van der Waals surface area contributed by atoms with E-state index in [0.717, 1.165) is 15.6 Å². The molecule has 0 fully saturated rings. The Labute approximate surface area is 117 Å². The molecule has 0 saturated heterocycles. The highest BCUT2D eigenvalue weighted by atomic mass is 80.0. The highest BCUT2D eigenvalue weighted by molar-refractivity contribution is 9.38. The molecule has 0 aliphatic heterocycles. The number of aromatic nitrogens is 2. The lowest BCUT2D eigenvalue weighted by Gasteiger charge is -2.04. The van der Waals surface area contributed by atoms with Crippen molar-refractivity contribution in [3.8, 4) is 10.6 Å². The number of alkyl halides is 3. The number of rotatable bonds is 1. The van der Waals surface area contributed by atoms with Gasteiger partial charge in [-0.05, 0) is 0 Å². The first-order chi connectivity index (χ1) is 7.07. The summed E-state index contributed by atoms with van der Waals surface area (Å²) in [6.07, 6.45) is 0. The zero-order chi connectivity index (χ0) is 10.9. The van der Waals surface area contributed by atoms with Crippen molar-refractivity contribution >= 4 is 59.1 Å². The third-order valence-electron chi connectivity index (χ3n) is 1.69. The molecule has 2 aromatic rings. The molecular formula is C9H5Br3N2S. The van der Waals surface area contributed by atoms with Crippen LogP contribution in [0.15, 0.2) is 30.3 Å². The lowest BCUT2D eigenvalue weighted by molar-refractivity contribution is 1.04. The zero-order valence-corrected chi connectivity index (χ0v) is 12.9. The van der Waals surface area contributed by atoms with Crippen LogP contribution in [0, 0.1) is 0 Å². The van der Waals surface area contributed by atoms with Crippen molar-refractivity contribution in [1.29, 1.82) is 0 Å². The molecule has 0 N–H and O–H groups in total. The summed E-state index contributed by atoms with van der Waals surface area (Å²) in [6, 6.07) is 9.99. The van der Waals surface area contributed by atoms with Crippen molar-refractivity contribution in [3.63, 3.8) is 0 Å². The molecule has 15 heavy (non-hydrogen) atoms. The van der Waals surface area contributed by atoms with Crippen LogP contribution in [-0.2, 0) is 2.14 Å². The van der Waals surface area contributed by atoms with Crippen LogP contribution in [0.5, 0.6) is 0 Å². The van der Waals surface area contributed by atoms with E-state index >= 15 is 0 Å². The fourth-order valence-electron chi connectivity index (χ4n) is 1.04. The summed E-state index contributed by atoms with van der Waals surface area (Å²) < 4.78 is -0.475. The van der Waals surface area contributed by atoms with E-state index in [-0.39, 0.29) is 0 Å². The Bertz CT molecular complexity index is 450. The van der Waals surface area contributed by atoms with Crippen LogP contribution in [0.4, 0.5) is 0 Å². The Hall–Kier alpha value is 0.220. The highest BCUT2D eigenvalue weighted by Gasteiger charge is 2.26. The predicted octanol–water partition coefficient (Wildman–Crippen LogP) is 4.50. The highest BCUT2D eigenvalue weighted by Crippen LogP contribution is 2.46. The van der Waals surface area contributed by atoms with E-state index in [4.69, 9.17) is 0 Å². The van der Waals surface area contributed by atoms with Crippen molar-refractivity contribution in [2.45, 2.75) is 2.14 Å². The molecule has 6 heteroatoms. The summed E-state index contributed by atoms with van der Waals surface area (Å²) >= 11 is 11.8. The maximum absolute atomic E-state index is 4.13. The molecule has 2 rings (SSSR count). The number of hydrogen-bond donors (Lipinski definition) is 0. The third-order valence-corrected chi connectivity index (χ3v) is 4.69. The van der Waals surface area contributed by atoms with Gasteiger partial charge in [-0.25, -0.2) is 0 Å². The van der Waals surface area contributed by atoms with Gasteiger partial charge < -0.3 is 0 Å². The first-order valence-corrected chi connectivity index (χ1v) is 7.23. The van der Waals surface area contributed by atoms with E-state index in [9.17, 15) is 0 Å². The van der Waals surface area contributed by atoms with Crippen LogP contribution in [0.2, 0.25) is 0 Å². The van der Waals surface area contributed by atoms with E-state index in [2.05, 4.69) is 58.0 Å². The second kappa shape index (κ2) is 4.61. The number of halogens is 3. The van der Waals surface area contributed by atoms with Gasteiger partial charge in [0.2, 0.25) is 0 Å². The normalized spacial score (nSPS) is 11.7. The SMILES string of the molecule is BrC(Br)(Br)c1nnc(-c2ccccc2)s1. The molecule has 78 valence electrons. The molecule has 0 aliphatic rings. The van der Waals surface area contributed by atoms with Crippen molar-refractivity contribution in [1.82, 2.24) is 10.2 Å². The summed E-state index contributed by atoms with van der Waals surface area (Å²) in [5, 5.41) is 9.97. The predicted molar refractivity (Wildman–Crippen MR) is 73.8 cm³/mol. The minimum absolute atomic E-state index is 0.475. The van der Waals surface area contributed by atoms with Crippen LogP contribution in [0.25, 0.3) is 10.6 Å². The number of nitrogens with zero attached hydrogens (tertiary/aromatic N) is 2. The van der Waals surface area contributed by atoms with Crippen LogP contribution in [-0.4, -0.2) is 10.2 Å². The quantitative estimate of drug-likeness (QED) is 0.644. The summed E-state index contributed by atoms with van der Waals surface area (Å²) in [5.74, 6) is 0. The fourth-order valence-corrected chi connectivity index (χ4v) is 2.72. The van der Waals surface area contributed by atoms with Gasteiger partial charge in [0.25, 0.3) is 0 Å². The van der Waals surface area contributed by atoms with Crippen LogP contribution in [0.3, 0.4) is 0 Å². The van der Waals surface area contributed by atoms with E-state index in [1.165, 1.54) is 11.3 Å². The van der Waals surface area contributed by atoms with Crippen molar-refractivity contribution in [2.75, 3.05) is 0 Å². The number of hydrogen-bond acceptors (Lipinski definition) is 3. The lowest BCUT2D eigenvalue weighted by atomic mass is 10.2. The Balaban J connectivity index is 2.37. The Kier molecular flexibility index (Phi) is 3.59. The second-order valence-corrected chi connectivity index (χ2v) is 10.5. The first-order valence-electron chi connectivity index (χ1n) is 4.03. The van der Waals surface area contributed by atoms with Crippen LogP contribution < -0.4 is 0 Å². The van der Waals surface area contributed by atoms with Gasteiger partial charge in [0.1, 0.15) is 5.01 Å². The van der Waals surface area contributed by atoms with Gasteiger partial charge in [-0.1, -0.05) is 89.5 Å². The summed E-state index contributed by atoms with van der Waals surface area (Å²) in [4.78, 5) is 0. The third kappa shape index (κ3) is 2.87. The molecule has 0 atom stereocenters. The molecule has 0 saturated carbocycles. The number of benzene rings is 1. The minimum Gasteiger partial charge on any atom is -0.140 e. The molecule has 0 spiro atoms. The van der Waals surface area contributed by atoms with E-state index in [1.54, 1.807) is 0 Å². The molecular weight excluding hydrogens is 408 g/mol. The Morgan fingerprint density at radius 1 is 1.00 bits per heavy atom. The van der Waals surface area contributed by atoms with Crippen molar-refractivity contribution in [3.05, 3.63) is 35.3 Å². The average Bonchev–Trinajstić information content (AvgIpc) is 2.67. The molecule has 1 heterocycles. The molecule has 1 aromatic heterocycles. The summed E-state index contributed by atoms with van der Waals surface area (Å²) in [5.41, 5.74) is 1.08. The largest absolute Gasteiger partial charge is 0.187 e. The van der Waals surface area contributed by atoms with E-state index < -0.39 is 2.14 Å². The maximum Gasteiger partial charge on any atom is 0.187 e. The molecule has 0 bridgehead atoms. The molecule has 0 aliphatic carbocycles. The topological polar surface area (TPSA) is 25.8 Å². The van der Waals surface area contributed by atoms with Gasteiger partial charge in [0.05, 0.1) is 0 Å². The van der Waals surface area contributed by atoms with E-state index in [1.807, 2.05) is 30.3 Å². The molecule has 0 amide bonds. The Morgan fingerprint density at radius 3 is 2.20 bits per heavy atom. The van der Waals surface area contributed by atoms with Gasteiger partial charge in [0.15, 0.2) is 7.15 Å². The maximum atomic E-state index is 4.13. The van der Waals surface area contributed by atoms with Gasteiger partial charge in [-0.2, -0.15) is 0 Å². The van der Waals surface area contributed by atoms with Crippen molar-refractivity contribution < 1.29 is 0 Å². The molecule has 0 unspecified atom stereocenters. The smallest absolute Gasteiger partial charge is 0.140 e. The molecule has 0 radical (unpaired) electrons. The van der Waals surface area contributed by atoms with Gasteiger partial charge in [-0.15, -0.1) is 10.2 Å². The monoisotopic (exact) mass is 410 g/mol. The zero-order valence-electron chi connectivity index (χ0n) is 7.32.